The monoisotopic (exact) mass is 348 g/mol. The van der Waals surface area contributed by atoms with Crippen LogP contribution in [-0.2, 0) is 6.42 Å². The van der Waals surface area contributed by atoms with Crippen molar-refractivity contribution in [3.63, 3.8) is 0 Å². The average Bonchev–Trinajstić information content (AvgIpc) is 3.06. The Morgan fingerprint density at radius 2 is 2.14 bits per heavy atom. The van der Waals surface area contributed by atoms with Gasteiger partial charge in [0.05, 0.1) is 22.4 Å². The molecule has 1 aromatic carbocycles. The van der Waals surface area contributed by atoms with Gasteiger partial charge in [0.1, 0.15) is 0 Å². The fraction of sp³-hybridized carbons (Fsp3) is 0.438. The smallest absolute Gasteiger partial charge is 0.0718 e. The van der Waals surface area contributed by atoms with Crippen LogP contribution < -0.4 is 11.3 Å². The molecule has 0 saturated heterocycles. The Labute approximate surface area is 133 Å². The molecule has 0 radical (unpaired) electrons. The summed E-state index contributed by atoms with van der Waals surface area (Å²) in [7, 11) is 0. The Morgan fingerprint density at radius 1 is 1.38 bits per heavy atom. The number of hydrazine groups is 1. The van der Waals surface area contributed by atoms with E-state index in [0.717, 1.165) is 23.0 Å². The molecule has 0 aliphatic heterocycles. The van der Waals surface area contributed by atoms with Crippen molar-refractivity contribution in [3.8, 4) is 0 Å². The lowest BCUT2D eigenvalue weighted by Crippen LogP contribution is -2.34. The van der Waals surface area contributed by atoms with E-state index >= 15 is 0 Å². The second kappa shape index (κ2) is 5.91. The Hall–Kier alpha value is -1.17. The van der Waals surface area contributed by atoms with Gasteiger partial charge in [-0.05, 0) is 53.7 Å². The van der Waals surface area contributed by atoms with Crippen LogP contribution in [0.15, 0.2) is 34.9 Å². The first-order valence-corrected chi connectivity index (χ1v) is 8.19. The molecule has 0 bridgehead atoms. The first kappa shape index (κ1) is 14.8. The van der Waals surface area contributed by atoms with Gasteiger partial charge in [-0.2, -0.15) is 5.10 Å². The molecule has 0 fully saturated rings. The fourth-order valence-corrected chi connectivity index (χ4v) is 3.90. The third kappa shape index (κ3) is 2.54. The van der Waals surface area contributed by atoms with E-state index in [0.29, 0.717) is 12.0 Å². The van der Waals surface area contributed by atoms with Crippen LogP contribution in [-0.4, -0.2) is 9.78 Å². The summed E-state index contributed by atoms with van der Waals surface area (Å²) in [5.74, 6) is 6.31. The number of benzene rings is 1. The van der Waals surface area contributed by atoms with Gasteiger partial charge in [-0.25, -0.2) is 0 Å². The minimum absolute atomic E-state index is 0.0629. The van der Waals surface area contributed by atoms with Crippen LogP contribution in [0.4, 0.5) is 0 Å². The Kier molecular flexibility index (Phi) is 4.15. The van der Waals surface area contributed by atoms with Crippen LogP contribution in [0.3, 0.4) is 0 Å². The van der Waals surface area contributed by atoms with Crippen molar-refractivity contribution in [1.82, 2.24) is 15.2 Å². The van der Waals surface area contributed by atoms with Crippen molar-refractivity contribution in [1.29, 1.82) is 0 Å². The molecular formula is C16H21BrN4. The quantitative estimate of drug-likeness (QED) is 0.657. The highest BCUT2D eigenvalue weighted by molar-refractivity contribution is 9.10. The van der Waals surface area contributed by atoms with Crippen LogP contribution in [0.5, 0.6) is 0 Å². The molecule has 2 aromatic rings. The van der Waals surface area contributed by atoms with Gasteiger partial charge in [0.2, 0.25) is 0 Å². The summed E-state index contributed by atoms with van der Waals surface area (Å²) in [5.41, 5.74) is 7.01. The van der Waals surface area contributed by atoms with E-state index in [9.17, 15) is 0 Å². The highest BCUT2D eigenvalue weighted by Crippen LogP contribution is 2.43. The van der Waals surface area contributed by atoms with Crippen molar-refractivity contribution in [3.05, 3.63) is 51.8 Å². The lowest BCUT2D eigenvalue weighted by atomic mass is 9.91. The molecule has 2 unspecified atom stereocenters. The number of aromatic nitrogens is 2. The molecule has 112 valence electrons. The number of hydrogen-bond acceptors (Lipinski definition) is 3. The van der Waals surface area contributed by atoms with E-state index in [1.807, 2.05) is 6.20 Å². The number of fused-ring (bicyclic) bond motifs is 1. The first-order valence-electron chi connectivity index (χ1n) is 7.40. The van der Waals surface area contributed by atoms with E-state index in [2.05, 4.69) is 69.2 Å². The minimum Gasteiger partial charge on any atom is -0.271 e. The molecule has 1 heterocycles. The average molecular weight is 349 g/mol. The number of rotatable bonds is 4. The number of nitrogens with one attached hydrogen (secondary N) is 1. The molecule has 2 atom stereocenters. The summed E-state index contributed by atoms with van der Waals surface area (Å²) in [6, 6.07) is 9.03. The van der Waals surface area contributed by atoms with E-state index in [-0.39, 0.29) is 6.04 Å². The zero-order valence-corrected chi connectivity index (χ0v) is 14.0. The molecule has 0 amide bonds. The highest BCUT2D eigenvalue weighted by Gasteiger charge is 2.33. The van der Waals surface area contributed by atoms with Crippen molar-refractivity contribution in [2.45, 2.75) is 44.7 Å². The molecule has 1 aliphatic rings. The van der Waals surface area contributed by atoms with Crippen molar-refractivity contribution >= 4 is 15.9 Å². The van der Waals surface area contributed by atoms with Crippen LogP contribution in [0, 0.1) is 0 Å². The summed E-state index contributed by atoms with van der Waals surface area (Å²) >= 11 is 3.64. The molecule has 3 rings (SSSR count). The van der Waals surface area contributed by atoms with Gasteiger partial charge in [-0.1, -0.05) is 24.3 Å². The Bertz CT molecular complexity index is 635. The summed E-state index contributed by atoms with van der Waals surface area (Å²) in [4.78, 5) is 0. The summed E-state index contributed by atoms with van der Waals surface area (Å²) in [5, 5.41) is 4.49. The van der Waals surface area contributed by atoms with Gasteiger partial charge >= 0.3 is 0 Å². The molecule has 5 heteroatoms. The summed E-state index contributed by atoms with van der Waals surface area (Å²) in [6.45, 7) is 4.28. The van der Waals surface area contributed by atoms with E-state index in [1.54, 1.807) is 0 Å². The lowest BCUT2D eigenvalue weighted by Gasteiger charge is -2.26. The van der Waals surface area contributed by atoms with Crippen LogP contribution in [0.25, 0.3) is 0 Å². The molecule has 1 aliphatic carbocycles. The molecule has 0 saturated carbocycles. The maximum atomic E-state index is 5.93. The van der Waals surface area contributed by atoms with Crippen LogP contribution in [0.2, 0.25) is 0 Å². The number of nitrogens with zero attached hydrogens (tertiary/aromatic N) is 2. The number of nitrogens with two attached hydrogens (primary N) is 1. The van der Waals surface area contributed by atoms with Gasteiger partial charge in [-0.15, -0.1) is 0 Å². The Morgan fingerprint density at radius 3 is 2.86 bits per heavy atom. The standard InChI is InChI=1S/C16H21BrN4/c1-10(2)21-16(14(17)9-19-21)15(20-18)13-8-7-11-5-3-4-6-12(11)13/h3-6,9-10,13,15,20H,7-8,18H2,1-2H3. The van der Waals surface area contributed by atoms with Crippen LogP contribution in [0.1, 0.15) is 55.1 Å². The largest absolute Gasteiger partial charge is 0.271 e. The molecule has 1 aromatic heterocycles. The predicted octanol–water partition coefficient (Wildman–Crippen LogP) is 3.46. The second-order valence-corrected chi connectivity index (χ2v) is 6.76. The fourth-order valence-electron chi connectivity index (χ4n) is 3.38. The second-order valence-electron chi connectivity index (χ2n) is 5.90. The van der Waals surface area contributed by atoms with E-state index in [1.165, 1.54) is 11.1 Å². The van der Waals surface area contributed by atoms with Gasteiger partial charge in [0.25, 0.3) is 0 Å². The van der Waals surface area contributed by atoms with Crippen LogP contribution >= 0.6 is 15.9 Å². The van der Waals surface area contributed by atoms with E-state index in [4.69, 9.17) is 5.84 Å². The van der Waals surface area contributed by atoms with Gasteiger partial charge in [0, 0.05) is 12.0 Å². The predicted molar refractivity (Wildman–Crippen MR) is 87.9 cm³/mol. The van der Waals surface area contributed by atoms with Crippen molar-refractivity contribution in [2.24, 2.45) is 5.84 Å². The maximum Gasteiger partial charge on any atom is 0.0718 e. The molecule has 0 spiro atoms. The zero-order chi connectivity index (χ0) is 15.0. The number of aryl methyl sites for hydroxylation is 1. The lowest BCUT2D eigenvalue weighted by molar-refractivity contribution is 0.397. The Balaban J connectivity index is 2.03. The highest BCUT2D eigenvalue weighted by atomic mass is 79.9. The van der Waals surface area contributed by atoms with Gasteiger partial charge in [0.15, 0.2) is 0 Å². The first-order chi connectivity index (χ1) is 10.1. The van der Waals surface area contributed by atoms with Crippen molar-refractivity contribution < 1.29 is 0 Å². The zero-order valence-electron chi connectivity index (χ0n) is 12.4. The molecule has 3 N–H and O–H groups in total. The summed E-state index contributed by atoms with van der Waals surface area (Å²) < 4.78 is 3.07. The third-order valence-corrected chi connectivity index (χ3v) is 4.94. The number of hydrogen-bond donors (Lipinski definition) is 2. The number of halogens is 1. The van der Waals surface area contributed by atoms with E-state index < -0.39 is 0 Å². The maximum absolute atomic E-state index is 5.93. The third-order valence-electron chi connectivity index (χ3n) is 4.33. The van der Waals surface area contributed by atoms with Crippen molar-refractivity contribution in [2.75, 3.05) is 0 Å². The van der Waals surface area contributed by atoms with Gasteiger partial charge in [-0.3, -0.25) is 16.0 Å². The summed E-state index contributed by atoms with van der Waals surface area (Å²) in [6.07, 6.45) is 4.09. The van der Waals surface area contributed by atoms with Gasteiger partial charge < -0.3 is 0 Å². The minimum atomic E-state index is 0.0629. The molecule has 21 heavy (non-hydrogen) atoms. The normalized spacial score (nSPS) is 19.0. The molecule has 4 nitrogen and oxygen atoms in total. The SMILES string of the molecule is CC(C)n1ncc(Br)c1C(NN)C1CCc2ccccc21. The molecular weight excluding hydrogens is 328 g/mol. The topological polar surface area (TPSA) is 55.9 Å².